The van der Waals surface area contributed by atoms with Gasteiger partial charge in [-0.2, -0.15) is 13.2 Å². The van der Waals surface area contributed by atoms with Gasteiger partial charge in [-0.25, -0.2) is 13.6 Å². The summed E-state index contributed by atoms with van der Waals surface area (Å²) in [6.07, 6.45) is -4.59. The molecule has 1 aliphatic rings. The Labute approximate surface area is 188 Å². The Balaban J connectivity index is 0.000000479. The first kappa shape index (κ1) is 26.1. The number of alkyl halides is 5. The molecule has 10 heteroatoms. The first-order valence-corrected chi connectivity index (χ1v) is 10.3. The van der Waals surface area contributed by atoms with Crippen molar-refractivity contribution in [2.75, 3.05) is 23.3 Å². The molecule has 1 amide bonds. The maximum Gasteiger partial charge on any atom is 0.490 e. The van der Waals surface area contributed by atoms with E-state index in [2.05, 4.69) is 5.32 Å². The van der Waals surface area contributed by atoms with Crippen molar-refractivity contribution in [3.63, 3.8) is 0 Å². The number of aliphatic carboxylic acids is 1. The van der Waals surface area contributed by atoms with Crippen molar-refractivity contribution >= 4 is 23.3 Å². The zero-order valence-corrected chi connectivity index (χ0v) is 17.9. The first-order valence-electron chi connectivity index (χ1n) is 10.3. The lowest BCUT2D eigenvalue weighted by atomic mass is 9.95. The number of carbonyl (C=O) groups is 2. The number of halogens is 5. The molecule has 5 nitrogen and oxygen atoms in total. The van der Waals surface area contributed by atoms with E-state index in [1.54, 1.807) is 0 Å². The average molecular weight is 472 g/mol. The molecule has 0 saturated carbocycles. The Kier molecular flexibility index (Phi) is 8.78. The van der Waals surface area contributed by atoms with Crippen LogP contribution in [0.15, 0.2) is 54.6 Å². The Morgan fingerprint density at radius 1 is 1.03 bits per heavy atom. The molecule has 0 aliphatic carbocycles. The zero-order valence-electron chi connectivity index (χ0n) is 17.9. The highest BCUT2D eigenvalue weighted by Crippen LogP contribution is 2.31. The Bertz CT molecular complexity index is 908. The summed E-state index contributed by atoms with van der Waals surface area (Å²) in [7, 11) is 0. The number of rotatable bonds is 5. The summed E-state index contributed by atoms with van der Waals surface area (Å²) >= 11 is 0. The van der Waals surface area contributed by atoms with Gasteiger partial charge in [-0.3, -0.25) is 4.79 Å². The van der Waals surface area contributed by atoms with Crippen molar-refractivity contribution in [3.8, 4) is 0 Å². The molecular formula is C23H25F5N2O3. The number of hydrogen-bond acceptors (Lipinski definition) is 3. The molecule has 1 atom stereocenters. The number of anilines is 2. The minimum atomic E-state index is -5.08. The zero-order chi connectivity index (χ0) is 24.6. The second kappa shape index (κ2) is 11.1. The van der Waals surface area contributed by atoms with E-state index in [0.29, 0.717) is 13.1 Å². The summed E-state index contributed by atoms with van der Waals surface area (Å²) < 4.78 is 58.3. The van der Waals surface area contributed by atoms with Crippen LogP contribution in [0, 0.1) is 0 Å². The van der Waals surface area contributed by atoms with Crippen LogP contribution in [0.1, 0.15) is 37.7 Å². The number of carbonyl (C=O) groups excluding carboxylic acids is 1. The third-order valence-corrected chi connectivity index (χ3v) is 5.16. The van der Waals surface area contributed by atoms with E-state index in [4.69, 9.17) is 9.90 Å². The van der Waals surface area contributed by atoms with Crippen molar-refractivity contribution in [1.82, 2.24) is 0 Å². The molecule has 0 spiro atoms. The van der Waals surface area contributed by atoms with Gasteiger partial charge in [0.1, 0.15) is 0 Å². The van der Waals surface area contributed by atoms with Crippen LogP contribution in [0.3, 0.4) is 0 Å². The number of nitrogens with zero attached hydrogens (tertiary/aromatic N) is 1. The summed E-state index contributed by atoms with van der Waals surface area (Å²) in [6, 6.07) is 17.1. The average Bonchev–Trinajstić information content (AvgIpc) is 2.75. The number of nitrogens with one attached hydrogen (secondary N) is 1. The maximum absolute atomic E-state index is 13.3. The Hall–Kier alpha value is -3.17. The van der Waals surface area contributed by atoms with Gasteiger partial charge >= 0.3 is 12.1 Å². The molecule has 0 unspecified atom stereocenters. The highest BCUT2D eigenvalue weighted by molar-refractivity contribution is 5.96. The minimum absolute atomic E-state index is 0.0379. The highest BCUT2D eigenvalue weighted by atomic mass is 19.4. The van der Waals surface area contributed by atoms with Gasteiger partial charge in [-0.1, -0.05) is 37.3 Å². The first-order chi connectivity index (χ1) is 15.4. The van der Waals surface area contributed by atoms with Gasteiger partial charge in [-0.15, -0.1) is 0 Å². The summed E-state index contributed by atoms with van der Waals surface area (Å²) in [5, 5.41) is 10.1. The predicted octanol–water partition coefficient (Wildman–Crippen LogP) is 5.69. The molecule has 2 N–H and O–H groups in total. The van der Waals surface area contributed by atoms with Gasteiger partial charge in [0.2, 0.25) is 5.91 Å². The largest absolute Gasteiger partial charge is 0.490 e. The van der Waals surface area contributed by atoms with Crippen molar-refractivity contribution in [3.05, 3.63) is 60.2 Å². The van der Waals surface area contributed by atoms with Gasteiger partial charge in [0.25, 0.3) is 5.92 Å². The molecule has 1 saturated heterocycles. The van der Waals surface area contributed by atoms with E-state index in [9.17, 15) is 26.7 Å². The SMILES string of the molecule is CC[C@H](C(=O)Nc1ccc(N2CCC(F)(F)CC2)cc1)c1ccccc1.O=C(O)C(F)(F)F. The van der Waals surface area contributed by atoms with Gasteiger partial charge in [0.15, 0.2) is 0 Å². The second-order valence-electron chi connectivity index (χ2n) is 7.55. The van der Waals surface area contributed by atoms with Gasteiger partial charge in [0.05, 0.1) is 5.92 Å². The molecule has 3 rings (SSSR count). The van der Waals surface area contributed by atoms with Crippen molar-refractivity contribution in [1.29, 1.82) is 0 Å². The summed E-state index contributed by atoms with van der Waals surface area (Å²) in [5.74, 6) is -5.53. The monoisotopic (exact) mass is 472 g/mol. The van der Waals surface area contributed by atoms with E-state index in [-0.39, 0.29) is 24.7 Å². The molecule has 0 radical (unpaired) electrons. The Morgan fingerprint density at radius 3 is 2.00 bits per heavy atom. The molecule has 2 aromatic rings. The van der Waals surface area contributed by atoms with E-state index >= 15 is 0 Å². The fraction of sp³-hybridized carbons (Fsp3) is 0.391. The molecular weight excluding hydrogens is 447 g/mol. The number of carboxylic acid groups (broad SMARTS) is 1. The molecule has 0 aromatic heterocycles. The molecule has 0 bridgehead atoms. The standard InChI is InChI=1S/C21H24F2N2O.C2HF3O2/c1-2-19(16-6-4-3-5-7-16)20(26)24-17-8-10-18(11-9-17)25-14-12-21(22,23)13-15-25;3-2(4,5)1(6)7/h3-11,19H,2,12-15H2,1H3,(H,24,26);(H,6,7)/t19-;/m0./s1. The quantitative estimate of drug-likeness (QED) is 0.549. The Morgan fingerprint density at radius 2 is 1.55 bits per heavy atom. The summed E-state index contributed by atoms with van der Waals surface area (Å²) in [4.78, 5) is 23.5. The van der Waals surface area contributed by atoms with Crippen LogP contribution in [0.5, 0.6) is 0 Å². The van der Waals surface area contributed by atoms with Gasteiger partial charge in [0, 0.05) is 37.3 Å². The molecule has 33 heavy (non-hydrogen) atoms. The second-order valence-corrected chi connectivity index (χ2v) is 7.55. The predicted molar refractivity (Wildman–Crippen MR) is 115 cm³/mol. The van der Waals surface area contributed by atoms with Crippen LogP contribution < -0.4 is 10.2 Å². The fourth-order valence-electron chi connectivity index (χ4n) is 3.33. The lowest BCUT2D eigenvalue weighted by Gasteiger charge is -2.33. The van der Waals surface area contributed by atoms with Crippen LogP contribution in [0.25, 0.3) is 0 Å². The lowest BCUT2D eigenvalue weighted by molar-refractivity contribution is -0.192. The minimum Gasteiger partial charge on any atom is -0.475 e. The van der Waals surface area contributed by atoms with E-state index in [0.717, 1.165) is 23.4 Å². The number of piperidine rings is 1. The third kappa shape index (κ3) is 8.03. The highest BCUT2D eigenvalue weighted by Gasteiger charge is 2.38. The molecule has 180 valence electrons. The number of amides is 1. The normalized spacial score (nSPS) is 16.2. The van der Waals surface area contributed by atoms with Crippen molar-refractivity contribution < 1.29 is 36.6 Å². The number of benzene rings is 2. The van der Waals surface area contributed by atoms with Crippen LogP contribution in [0.4, 0.5) is 33.3 Å². The van der Waals surface area contributed by atoms with Crippen LogP contribution >= 0.6 is 0 Å². The summed E-state index contributed by atoms with van der Waals surface area (Å²) in [6.45, 7) is 2.70. The fourth-order valence-corrected chi connectivity index (χ4v) is 3.33. The molecule has 1 heterocycles. The number of carboxylic acids is 1. The lowest BCUT2D eigenvalue weighted by Crippen LogP contribution is -2.39. The van der Waals surface area contributed by atoms with Crippen molar-refractivity contribution in [2.24, 2.45) is 0 Å². The molecule has 1 fully saturated rings. The maximum atomic E-state index is 13.3. The van der Waals surface area contributed by atoms with Crippen LogP contribution in [-0.2, 0) is 9.59 Å². The summed E-state index contributed by atoms with van der Waals surface area (Å²) in [5.41, 5.74) is 2.63. The molecule has 1 aliphatic heterocycles. The van der Waals surface area contributed by atoms with Gasteiger partial charge in [-0.05, 0) is 36.2 Å². The van der Waals surface area contributed by atoms with E-state index < -0.39 is 18.1 Å². The number of hydrogen-bond donors (Lipinski definition) is 2. The third-order valence-electron chi connectivity index (χ3n) is 5.16. The van der Waals surface area contributed by atoms with E-state index in [1.165, 1.54) is 0 Å². The van der Waals surface area contributed by atoms with Crippen molar-refractivity contribution in [2.45, 2.75) is 44.2 Å². The van der Waals surface area contributed by atoms with Crippen LogP contribution in [-0.4, -0.2) is 42.2 Å². The topological polar surface area (TPSA) is 69.6 Å². The smallest absolute Gasteiger partial charge is 0.475 e. The molecule has 2 aromatic carbocycles. The van der Waals surface area contributed by atoms with E-state index in [1.807, 2.05) is 66.4 Å². The van der Waals surface area contributed by atoms with Gasteiger partial charge < -0.3 is 15.3 Å². The van der Waals surface area contributed by atoms with Crippen LogP contribution in [0.2, 0.25) is 0 Å².